The highest BCUT2D eigenvalue weighted by atomic mass is 31.1. The number of carbonyl (C=O) groups is 2. The van der Waals surface area contributed by atoms with E-state index in [9.17, 15) is 36.1 Å². The smallest absolute Gasteiger partial charge is 0.481 e. The van der Waals surface area contributed by atoms with E-state index in [1.54, 1.807) is 0 Å². The molecule has 1 aromatic carbocycles. The van der Waals surface area contributed by atoms with Gasteiger partial charge < -0.3 is 10.2 Å². The molecule has 0 spiro atoms. The molecular weight excluding hydrogens is 390 g/mol. The van der Waals surface area contributed by atoms with Gasteiger partial charge in [-0.05, 0) is 11.0 Å². The molecule has 1 aromatic rings. The van der Waals surface area contributed by atoms with Gasteiger partial charge in [-0.15, -0.1) is 4.52 Å². The molecule has 0 bridgehead atoms. The van der Waals surface area contributed by atoms with Crippen molar-refractivity contribution in [1.82, 2.24) is 0 Å². The second-order valence-corrected chi connectivity index (χ2v) is 6.40. The third kappa shape index (κ3) is 5.70. The van der Waals surface area contributed by atoms with E-state index in [2.05, 4.69) is 4.52 Å². The van der Waals surface area contributed by atoms with Crippen molar-refractivity contribution in [3.63, 3.8) is 0 Å². The quantitative estimate of drug-likeness (QED) is 0.269. The molecule has 2 N–H and O–H groups in total. The molecule has 0 aliphatic rings. The van der Waals surface area contributed by atoms with Crippen LogP contribution in [0.2, 0.25) is 0 Å². The SMILES string of the molecule is O=C(O)CCC(C[P+](=O)OCCc1c(F)c(F)c(F)c(F)c1F)C(=O)O. The highest BCUT2D eigenvalue weighted by molar-refractivity contribution is 7.39. The number of carboxylic acid groups (broad SMARTS) is 2. The first-order valence-corrected chi connectivity index (χ1v) is 8.45. The number of benzene rings is 1. The summed E-state index contributed by atoms with van der Waals surface area (Å²) in [5.41, 5.74) is -1.15. The maximum absolute atomic E-state index is 13.4. The molecule has 0 saturated carbocycles. The molecule has 0 fully saturated rings. The lowest BCUT2D eigenvalue weighted by Crippen LogP contribution is -2.18. The second kappa shape index (κ2) is 9.54. The van der Waals surface area contributed by atoms with Crippen LogP contribution in [0.5, 0.6) is 0 Å². The summed E-state index contributed by atoms with van der Waals surface area (Å²) in [5.74, 6) is -14.6. The van der Waals surface area contributed by atoms with E-state index in [0.29, 0.717) is 0 Å². The molecule has 0 aromatic heterocycles. The van der Waals surface area contributed by atoms with Gasteiger partial charge >= 0.3 is 20.0 Å². The Kier molecular flexibility index (Phi) is 8.04. The topological polar surface area (TPSA) is 101 Å². The lowest BCUT2D eigenvalue weighted by atomic mass is 10.1. The van der Waals surface area contributed by atoms with Crippen molar-refractivity contribution in [3.8, 4) is 0 Å². The highest BCUT2D eigenvalue weighted by Crippen LogP contribution is 2.29. The van der Waals surface area contributed by atoms with Gasteiger partial charge in [-0.3, -0.25) is 9.59 Å². The molecule has 0 heterocycles. The van der Waals surface area contributed by atoms with E-state index in [0.717, 1.165) is 0 Å². The normalized spacial score (nSPS) is 12.7. The van der Waals surface area contributed by atoms with Crippen LogP contribution in [0.3, 0.4) is 0 Å². The van der Waals surface area contributed by atoms with Crippen molar-refractivity contribution in [2.45, 2.75) is 19.3 Å². The van der Waals surface area contributed by atoms with Crippen LogP contribution in [-0.2, 0) is 25.1 Å². The van der Waals surface area contributed by atoms with Crippen LogP contribution >= 0.6 is 8.03 Å². The maximum Gasteiger partial charge on any atom is 0.508 e. The molecule has 0 aliphatic carbocycles. The van der Waals surface area contributed by atoms with Crippen LogP contribution in [0.25, 0.3) is 0 Å². The Labute approximate surface area is 144 Å². The van der Waals surface area contributed by atoms with Gasteiger partial charge in [-0.25, -0.2) is 22.0 Å². The van der Waals surface area contributed by atoms with E-state index < -0.39 is 86.1 Å². The van der Waals surface area contributed by atoms with Gasteiger partial charge in [-0.2, -0.15) is 0 Å². The summed E-state index contributed by atoms with van der Waals surface area (Å²) >= 11 is 0. The summed E-state index contributed by atoms with van der Waals surface area (Å²) in [6.45, 7) is -0.696. The first-order valence-electron chi connectivity index (χ1n) is 7.08. The third-order valence-electron chi connectivity index (χ3n) is 3.31. The molecule has 0 radical (unpaired) electrons. The monoisotopic (exact) mass is 403 g/mol. The second-order valence-electron chi connectivity index (χ2n) is 5.11. The Morgan fingerprint density at radius 3 is 1.92 bits per heavy atom. The first kappa shape index (κ1) is 21.9. The van der Waals surface area contributed by atoms with Crippen LogP contribution in [0.1, 0.15) is 18.4 Å². The average molecular weight is 403 g/mol. The third-order valence-corrected chi connectivity index (χ3v) is 4.52. The molecule has 0 saturated heterocycles. The van der Waals surface area contributed by atoms with Crippen molar-refractivity contribution in [2.24, 2.45) is 5.92 Å². The zero-order valence-corrected chi connectivity index (χ0v) is 13.9. The van der Waals surface area contributed by atoms with Crippen LogP contribution < -0.4 is 0 Å². The summed E-state index contributed by atoms with van der Waals surface area (Å²) in [6.07, 6.45) is -2.15. The largest absolute Gasteiger partial charge is 0.508 e. The molecular formula is C14H13F5O6P+. The van der Waals surface area contributed by atoms with Crippen molar-refractivity contribution < 1.29 is 50.8 Å². The van der Waals surface area contributed by atoms with Crippen LogP contribution in [0.4, 0.5) is 22.0 Å². The zero-order valence-electron chi connectivity index (χ0n) is 13.0. The number of hydrogen-bond donors (Lipinski definition) is 2. The van der Waals surface area contributed by atoms with Gasteiger partial charge in [-0.1, -0.05) is 0 Å². The van der Waals surface area contributed by atoms with Crippen LogP contribution in [0.15, 0.2) is 0 Å². The summed E-state index contributed by atoms with van der Waals surface area (Å²) in [5, 5.41) is 17.4. The molecule has 144 valence electrons. The Morgan fingerprint density at radius 1 is 0.962 bits per heavy atom. The number of halogens is 5. The van der Waals surface area contributed by atoms with Crippen LogP contribution in [0, 0.1) is 35.0 Å². The van der Waals surface area contributed by atoms with E-state index in [1.807, 2.05) is 0 Å². The van der Waals surface area contributed by atoms with E-state index in [1.165, 1.54) is 0 Å². The van der Waals surface area contributed by atoms with Gasteiger partial charge in [0.05, 0.1) is 0 Å². The molecule has 26 heavy (non-hydrogen) atoms. The minimum absolute atomic E-state index is 0.313. The Balaban J connectivity index is 2.66. The lowest BCUT2D eigenvalue weighted by molar-refractivity contribution is -0.142. The highest BCUT2D eigenvalue weighted by Gasteiger charge is 2.31. The molecule has 2 atom stereocenters. The van der Waals surface area contributed by atoms with Crippen molar-refractivity contribution in [2.75, 3.05) is 12.8 Å². The van der Waals surface area contributed by atoms with E-state index in [4.69, 9.17) is 10.2 Å². The van der Waals surface area contributed by atoms with Gasteiger partial charge in [0, 0.05) is 18.4 Å². The van der Waals surface area contributed by atoms with E-state index in [-0.39, 0.29) is 6.42 Å². The number of hydrogen-bond acceptors (Lipinski definition) is 4. The van der Waals surface area contributed by atoms with Gasteiger partial charge in [0.2, 0.25) is 5.82 Å². The summed E-state index contributed by atoms with van der Waals surface area (Å²) in [7, 11) is -2.65. The lowest BCUT2D eigenvalue weighted by Gasteiger charge is -2.07. The zero-order chi connectivity index (χ0) is 20.0. The number of carboxylic acids is 2. The molecule has 2 unspecified atom stereocenters. The van der Waals surface area contributed by atoms with Gasteiger partial charge in [0.1, 0.15) is 12.5 Å². The average Bonchev–Trinajstić information content (AvgIpc) is 2.57. The van der Waals surface area contributed by atoms with Crippen molar-refractivity contribution in [1.29, 1.82) is 0 Å². The number of aliphatic carboxylic acids is 2. The van der Waals surface area contributed by atoms with E-state index >= 15 is 0 Å². The summed E-state index contributed by atoms with van der Waals surface area (Å²) < 4.78 is 82.2. The number of rotatable bonds is 10. The molecule has 0 aliphatic heterocycles. The minimum atomic E-state index is -2.65. The molecule has 1 rings (SSSR count). The first-order chi connectivity index (χ1) is 12.1. The van der Waals surface area contributed by atoms with Crippen molar-refractivity contribution >= 4 is 20.0 Å². The van der Waals surface area contributed by atoms with Gasteiger partial charge in [0.15, 0.2) is 29.4 Å². The maximum atomic E-state index is 13.4. The Hall–Kier alpha value is -2.13. The fourth-order valence-electron chi connectivity index (χ4n) is 1.94. The molecule has 0 amide bonds. The summed E-state index contributed by atoms with van der Waals surface area (Å²) in [4.78, 5) is 21.4. The van der Waals surface area contributed by atoms with Gasteiger partial charge in [0.25, 0.3) is 0 Å². The molecule has 6 nitrogen and oxygen atoms in total. The fraction of sp³-hybridized carbons (Fsp3) is 0.429. The minimum Gasteiger partial charge on any atom is -0.481 e. The fourth-order valence-corrected chi connectivity index (χ4v) is 3.04. The Morgan fingerprint density at radius 2 is 1.46 bits per heavy atom. The predicted molar refractivity (Wildman–Crippen MR) is 76.4 cm³/mol. The standard InChI is InChI=1S/C14H12F5O6P/c15-9-7(10(16)12(18)13(19)11(9)17)3-4-25-26(24)5-6(14(22)23)1-2-8(20)21/h6H,1-5H2,(H-,20,21,22,23)/p+1. The predicted octanol–water partition coefficient (Wildman–Crippen LogP) is 3.25. The summed E-state index contributed by atoms with van der Waals surface area (Å²) in [6, 6.07) is 0. The van der Waals surface area contributed by atoms with Crippen LogP contribution in [-0.4, -0.2) is 34.9 Å². The van der Waals surface area contributed by atoms with Crippen molar-refractivity contribution in [3.05, 3.63) is 34.6 Å². The molecule has 12 heteroatoms. The Bertz CT molecular complexity index is 697.